The van der Waals surface area contributed by atoms with Gasteiger partial charge in [-0.1, -0.05) is 30.3 Å². The van der Waals surface area contributed by atoms with E-state index in [0.717, 1.165) is 5.56 Å². The van der Waals surface area contributed by atoms with Crippen molar-refractivity contribution in [2.24, 2.45) is 5.41 Å². The number of piperidine rings is 1. The van der Waals surface area contributed by atoms with E-state index in [-0.39, 0.29) is 18.5 Å². The highest BCUT2D eigenvalue weighted by Crippen LogP contribution is 2.47. The molecule has 1 aromatic carbocycles. The van der Waals surface area contributed by atoms with Crippen molar-refractivity contribution in [1.82, 2.24) is 4.90 Å². The molecule has 0 saturated carbocycles. The fourth-order valence-corrected chi connectivity index (χ4v) is 3.74. The number of hydrogen-bond donors (Lipinski definition) is 0. The van der Waals surface area contributed by atoms with Crippen LogP contribution in [0.25, 0.3) is 0 Å². The molecular formula is C22H30N2O4. The number of rotatable bonds is 5. The number of carbonyl (C=O) groups is 2. The van der Waals surface area contributed by atoms with Gasteiger partial charge in [0.15, 0.2) is 0 Å². The van der Waals surface area contributed by atoms with Gasteiger partial charge in [0, 0.05) is 18.5 Å². The van der Waals surface area contributed by atoms with Crippen LogP contribution in [0.4, 0.5) is 4.79 Å². The van der Waals surface area contributed by atoms with E-state index in [1.54, 1.807) is 11.8 Å². The fraction of sp³-hybridized carbons (Fsp3) is 0.591. The molecule has 2 rings (SSSR count). The third-order valence-electron chi connectivity index (χ3n) is 5.09. The molecule has 0 spiro atoms. The quantitative estimate of drug-likeness (QED) is 0.706. The van der Waals surface area contributed by atoms with Crippen molar-refractivity contribution in [2.45, 2.75) is 58.5 Å². The summed E-state index contributed by atoms with van der Waals surface area (Å²) in [4.78, 5) is 26.4. The molecule has 1 aromatic rings. The molecule has 1 atom stereocenters. The Bertz CT molecular complexity index is 710. The van der Waals surface area contributed by atoms with Gasteiger partial charge in [0.25, 0.3) is 0 Å². The van der Waals surface area contributed by atoms with Crippen LogP contribution in [0.5, 0.6) is 0 Å². The van der Waals surface area contributed by atoms with Gasteiger partial charge in [0.05, 0.1) is 25.0 Å². The number of esters is 1. The summed E-state index contributed by atoms with van der Waals surface area (Å²) < 4.78 is 10.7. The van der Waals surface area contributed by atoms with E-state index in [4.69, 9.17) is 9.47 Å². The maximum atomic E-state index is 12.4. The topological polar surface area (TPSA) is 79.6 Å². The standard InChI is InChI=1S/C22H30N2O4/c1-5-27-19(25)15-22(18(16-23)17-9-7-6-8-10-17)11-13-24(14-12-22)20(26)28-21(2,3)4/h6-10,18H,5,11-15H2,1-4H3. The van der Waals surface area contributed by atoms with Crippen LogP contribution in [0, 0.1) is 16.7 Å². The first kappa shape index (κ1) is 21.7. The third-order valence-corrected chi connectivity index (χ3v) is 5.09. The molecule has 1 aliphatic rings. The Balaban J connectivity index is 2.23. The molecule has 1 aliphatic heterocycles. The van der Waals surface area contributed by atoms with E-state index in [2.05, 4.69) is 6.07 Å². The molecule has 1 unspecified atom stereocenters. The Morgan fingerprint density at radius 3 is 2.32 bits per heavy atom. The molecule has 0 N–H and O–H groups in total. The highest BCUT2D eigenvalue weighted by Gasteiger charge is 2.45. The SMILES string of the molecule is CCOC(=O)CC1(C(C#N)c2ccccc2)CCN(C(=O)OC(C)(C)C)CC1. The predicted octanol–water partition coefficient (Wildman–Crippen LogP) is 4.26. The second kappa shape index (κ2) is 9.09. The highest BCUT2D eigenvalue weighted by molar-refractivity contribution is 5.71. The molecule has 6 nitrogen and oxygen atoms in total. The van der Waals surface area contributed by atoms with Crippen molar-refractivity contribution in [1.29, 1.82) is 5.26 Å². The van der Waals surface area contributed by atoms with E-state index in [1.165, 1.54) is 0 Å². The van der Waals surface area contributed by atoms with Gasteiger partial charge in [-0.2, -0.15) is 5.26 Å². The molecule has 1 fully saturated rings. The normalized spacial score (nSPS) is 17.3. The summed E-state index contributed by atoms with van der Waals surface area (Å²) in [5.74, 6) is -0.747. The lowest BCUT2D eigenvalue weighted by molar-refractivity contribution is -0.147. The van der Waals surface area contributed by atoms with Crippen LogP contribution in [-0.2, 0) is 14.3 Å². The van der Waals surface area contributed by atoms with E-state index in [1.807, 2.05) is 51.1 Å². The van der Waals surface area contributed by atoms with Gasteiger partial charge in [-0.15, -0.1) is 0 Å². The van der Waals surface area contributed by atoms with Crippen LogP contribution in [0.2, 0.25) is 0 Å². The Morgan fingerprint density at radius 1 is 1.21 bits per heavy atom. The van der Waals surface area contributed by atoms with E-state index >= 15 is 0 Å². The van der Waals surface area contributed by atoms with Crippen molar-refractivity contribution in [3.63, 3.8) is 0 Å². The molecule has 0 bridgehead atoms. The second-order valence-electron chi connectivity index (χ2n) is 8.28. The van der Waals surface area contributed by atoms with Crippen molar-refractivity contribution in [3.8, 4) is 6.07 Å². The third kappa shape index (κ3) is 5.48. The summed E-state index contributed by atoms with van der Waals surface area (Å²) in [5, 5.41) is 9.96. The molecule has 28 heavy (non-hydrogen) atoms. The molecule has 1 saturated heterocycles. The molecule has 152 valence electrons. The van der Waals surface area contributed by atoms with Gasteiger partial charge in [-0.3, -0.25) is 4.79 Å². The van der Waals surface area contributed by atoms with Gasteiger partial charge in [0.2, 0.25) is 0 Å². The number of benzene rings is 1. The number of nitrogens with zero attached hydrogens (tertiary/aromatic N) is 2. The average Bonchev–Trinajstić information content (AvgIpc) is 2.62. The van der Waals surface area contributed by atoms with E-state index < -0.39 is 16.9 Å². The molecule has 6 heteroatoms. The first-order chi connectivity index (χ1) is 13.2. The molecule has 1 amide bonds. The van der Waals surface area contributed by atoms with Gasteiger partial charge in [-0.05, 0) is 46.1 Å². The number of amides is 1. The summed E-state index contributed by atoms with van der Waals surface area (Å²) in [6, 6.07) is 11.9. The van der Waals surface area contributed by atoms with Gasteiger partial charge >= 0.3 is 12.1 Å². The average molecular weight is 386 g/mol. The van der Waals surface area contributed by atoms with Crippen LogP contribution >= 0.6 is 0 Å². The molecule has 1 heterocycles. The first-order valence-corrected chi connectivity index (χ1v) is 9.79. The number of carbonyl (C=O) groups excluding carboxylic acids is 2. The lowest BCUT2D eigenvalue weighted by Gasteiger charge is -2.44. The first-order valence-electron chi connectivity index (χ1n) is 9.79. The highest BCUT2D eigenvalue weighted by atomic mass is 16.6. The number of likely N-dealkylation sites (tertiary alicyclic amines) is 1. The minimum Gasteiger partial charge on any atom is -0.466 e. The lowest BCUT2D eigenvalue weighted by Crippen LogP contribution is -2.47. The van der Waals surface area contributed by atoms with Crippen LogP contribution in [0.1, 0.15) is 58.4 Å². The second-order valence-corrected chi connectivity index (χ2v) is 8.28. The maximum absolute atomic E-state index is 12.4. The summed E-state index contributed by atoms with van der Waals surface area (Å²) in [7, 11) is 0. The van der Waals surface area contributed by atoms with Gasteiger partial charge < -0.3 is 14.4 Å². The zero-order valence-corrected chi connectivity index (χ0v) is 17.2. The maximum Gasteiger partial charge on any atom is 0.410 e. The molecule has 0 radical (unpaired) electrons. The monoisotopic (exact) mass is 386 g/mol. The van der Waals surface area contributed by atoms with Gasteiger partial charge in [0.1, 0.15) is 5.60 Å². The minimum atomic E-state index is -0.569. The minimum absolute atomic E-state index is 0.163. The Hall–Kier alpha value is -2.55. The van der Waals surface area contributed by atoms with Gasteiger partial charge in [-0.25, -0.2) is 4.79 Å². The van der Waals surface area contributed by atoms with Crippen LogP contribution in [-0.4, -0.2) is 42.3 Å². The Labute approximate surface area is 167 Å². The van der Waals surface area contributed by atoms with Crippen molar-refractivity contribution >= 4 is 12.1 Å². The Kier molecular flexibility index (Phi) is 7.06. The number of ether oxygens (including phenoxy) is 2. The summed E-state index contributed by atoms with van der Waals surface area (Å²) in [5.41, 5.74) is -0.239. The van der Waals surface area contributed by atoms with E-state index in [0.29, 0.717) is 32.5 Å². The smallest absolute Gasteiger partial charge is 0.410 e. The van der Waals surface area contributed by atoms with Crippen molar-refractivity contribution in [2.75, 3.05) is 19.7 Å². The largest absolute Gasteiger partial charge is 0.466 e. The van der Waals surface area contributed by atoms with Crippen molar-refractivity contribution < 1.29 is 19.1 Å². The van der Waals surface area contributed by atoms with E-state index in [9.17, 15) is 14.9 Å². The molecule has 0 aliphatic carbocycles. The summed E-state index contributed by atoms with van der Waals surface area (Å²) in [6.07, 6.45) is 0.886. The predicted molar refractivity (Wildman–Crippen MR) is 106 cm³/mol. The van der Waals surface area contributed by atoms with Crippen LogP contribution < -0.4 is 0 Å². The number of nitriles is 1. The van der Waals surface area contributed by atoms with Crippen LogP contribution in [0.15, 0.2) is 30.3 Å². The zero-order valence-electron chi connectivity index (χ0n) is 17.2. The molecule has 0 aromatic heterocycles. The van der Waals surface area contributed by atoms with Crippen LogP contribution in [0.3, 0.4) is 0 Å². The lowest BCUT2D eigenvalue weighted by atomic mass is 9.65. The zero-order chi connectivity index (χ0) is 20.8. The van der Waals surface area contributed by atoms with Crippen molar-refractivity contribution in [3.05, 3.63) is 35.9 Å². The molecular weight excluding hydrogens is 356 g/mol. The number of hydrogen-bond acceptors (Lipinski definition) is 5. The summed E-state index contributed by atoms with van der Waals surface area (Å²) in [6.45, 7) is 8.47. The Morgan fingerprint density at radius 2 is 1.82 bits per heavy atom. The fourth-order valence-electron chi connectivity index (χ4n) is 3.74. The summed E-state index contributed by atoms with van der Waals surface area (Å²) >= 11 is 0.